The van der Waals surface area contributed by atoms with E-state index in [0.29, 0.717) is 25.2 Å². The number of non-ortho nitro benzene ring substituents is 1. The van der Waals surface area contributed by atoms with E-state index in [1.165, 1.54) is 18.2 Å². The van der Waals surface area contributed by atoms with E-state index in [0.717, 1.165) is 18.9 Å². The third-order valence-electron chi connectivity index (χ3n) is 8.75. The number of nitro groups is 1. The molecule has 5 atom stereocenters. The van der Waals surface area contributed by atoms with Crippen LogP contribution in [0.15, 0.2) is 48.7 Å². The fourth-order valence-corrected chi connectivity index (χ4v) is 6.36. The maximum absolute atomic E-state index is 13.2. The number of piperidine rings is 1. The van der Waals surface area contributed by atoms with E-state index >= 15 is 0 Å². The van der Waals surface area contributed by atoms with Gasteiger partial charge in [-0.3, -0.25) is 24.6 Å². The first-order valence-corrected chi connectivity index (χ1v) is 12.9. The monoisotopic (exact) mass is 525 g/mol. The normalized spacial score (nSPS) is 30.1. The lowest BCUT2D eigenvalue weighted by Crippen LogP contribution is -2.69. The molecule has 204 valence electrons. The number of nitro benzene ring substituents is 1. The first kappa shape index (κ1) is 27.5. The molecule has 0 radical (unpaired) electrons. The van der Waals surface area contributed by atoms with Crippen molar-refractivity contribution in [3.05, 3.63) is 64.3 Å². The van der Waals surface area contributed by atoms with Crippen LogP contribution in [-0.4, -0.2) is 81.8 Å². The number of nitrogens with one attached hydrogen (secondary N) is 1. The van der Waals surface area contributed by atoms with E-state index in [9.17, 15) is 29.9 Å². The lowest BCUT2D eigenvalue weighted by Gasteiger charge is -2.56. The van der Waals surface area contributed by atoms with Gasteiger partial charge in [0.15, 0.2) is 0 Å². The highest BCUT2D eigenvalue weighted by Gasteiger charge is 2.65. The number of hydrogen-bond donors (Lipinski definition) is 3. The van der Waals surface area contributed by atoms with Crippen LogP contribution in [0.5, 0.6) is 0 Å². The van der Waals surface area contributed by atoms with Crippen LogP contribution >= 0.6 is 0 Å². The summed E-state index contributed by atoms with van der Waals surface area (Å²) in [6.45, 7) is 8.40. The number of hydrogen-bond acceptors (Lipinski definition) is 8. The molecule has 5 unspecified atom stereocenters. The number of carbonyl (C=O) groups is 2. The smallest absolute Gasteiger partial charge is 0.311 e. The van der Waals surface area contributed by atoms with Crippen molar-refractivity contribution in [1.29, 1.82) is 0 Å². The number of nitrogens with zero attached hydrogens (tertiary/aromatic N) is 4. The van der Waals surface area contributed by atoms with E-state index in [-0.39, 0.29) is 12.1 Å². The van der Waals surface area contributed by atoms with Crippen molar-refractivity contribution in [3.63, 3.8) is 0 Å². The largest absolute Gasteiger partial charge is 0.481 e. The molecule has 3 N–H and O–H groups in total. The molecule has 0 saturated carbocycles. The van der Waals surface area contributed by atoms with Crippen LogP contribution in [0, 0.1) is 20.9 Å². The number of anilines is 1. The lowest BCUT2D eigenvalue weighted by atomic mass is 9.51. The summed E-state index contributed by atoms with van der Waals surface area (Å²) in [5, 5.41) is 36.0. The molecule has 0 bridgehead atoms. The van der Waals surface area contributed by atoms with Crippen molar-refractivity contribution in [3.8, 4) is 0 Å². The standard InChI is InChI=1S/C27H35N5O6/c1-18-26(3,24(33)34)23(20-7-6-8-21(17-20)32(37)38)27(25(35)36,19(2)29-18)10-12-30-13-15-31(16-14-30)22-9-4-5-11-28-22/h4-9,11,17-19,23,29H,10,12-16H2,1-3H3,(H,33,34)(H,35,36). The zero-order valence-corrected chi connectivity index (χ0v) is 21.9. The Morgan fingerprint density at radius 3 is 2.37 bits per heavy atom. The van der Waals surface area contributed by atoms with Crippen molar-refractivity contribution in [2.75, 3.05) is 37.6 Å². The van der Waals surface area contributed by atoms with Gasteiger partial charge in [0.05, 0.1) is 15.8 Å². The molecule has 2 fully saturated rings. The number of carboxylic acid groups (broad SMARTS) is 2. The van der Waals surface area contributed by atoms with Gasteiger partial charge in [-0.05, 0) is 51.4 Å². The molecule has 11 heteroatoms. The van der Waals surface area contributed by atoms with Gasteiger partial charge in [-0.2, -0.15) is 0 Å². The Morgan fingerprint density at radius 1 is 1.08 bits per heavy atom. The molecule has 2 aromatic rings. The SMILES string of the molecule is CC1NC(C)C(CCN2CCN(c3ccccn3)CC2)(C(=O)O)C(c2cccc([N+](=O)[O-])c2)C1(C)C(=O)O. The van der Waals surface area contributed by atoms with E-state index in [1.807, 2.05) is 18.2 Å². The summed E-state index contributed by atoms with van der Waals surface area (Å²) in [6, 6.07) is 10.4. The molecule has 2 aliphatic heterocycles. The zero-order valence-electron chi connectivity index (χ0n) is 21.9. The van der Waals surface area contributed by atoms with E-state index in [4.69, 9.17) is 0 Å². The van der Waals surface area contributed by atoms with Crippen LogP contribution in [-0.2, 0) is 9.59 Å². The molecular formula is C27H35N5O6. The second-order valence-corrected chi connectivity index (χ2v) is 10.6. The molecule has 0 aliphatic carbocycles. The van der Waals surface area contributed by atoms with E-state index in [1.54, 1.807) is 33.0 Å². The minimum Gasteiger partial charge on any atom is -0.481 e. The topological polar surface area (TPSA) is 149 Å². The highest BCUT2D eigenvalue weighted by atomic mass is 16.6. The number of rotatable bonds is 8. The van der Waals surface area contributed by atoms with Gasteiger partial charge < -0.3 is 20.4 Å². The first-order chi connectivity index (χ1) is 18.0. The molecule has 11 nitrogen and oxygen atoms in total. The third-order valence-corrected chi connectivity index (χ3v) is 8.75. The van der Waals surface area contributed by atoms with Gasteiger partial charge in [-0.1, -0.05) is 18.2 Å². The average molecular weight is 526 g/mol. The van der Waals surface area contributed by atoms with Crippen LogP contribution < -0.4 is 10.2 Å². The molecule has 3 heterocycles. The van der Waals surface area contributed by atoms with Crippen molar-refractivity contribution >= 4 is 23.4 Å². The van der Waals surface area contributed by atoms with Gasteiger partial charge in [0.1, 0.15) is 5.82 Å². The first-order valence-electron chi connectivity index (χ1n) is 12.9. The fourth-order valence-electron chi connectivity index (χ4n) is 6.36. The molecule has 2 saturated heterocycles. The van der Waals surface area contributed by atoms with Gasteiger partial charge in [0.25, 0.3) is 5.69 Å². The summed E-state index contributed by atoms with van der Waals surface area (Å²) < 4.78 is 0. The summed E-state index contributed by atoms with van der Waals surface area (Å²) in [4.78, 5) is 45.8. The highest BCUT2D eigenvalue weighted by Crippen LogP contribution is 2.57. The number of piperazine rings is 1. The van der Waals surface area contributed by atoms with Gasteiger partial charge >= 0.3 is 11.9 Å². The predicted molar refractivity (Wildman–Crippen MR) is 141 cm³/mol. The number of benzene rings is 1. The van der Waals surface area contributed by atoms with Crippen molar-refractivity contribution in [2.45, 2.75) is 45.2 Å². The Balaban J connectivity index is 1.68. The Labute approximate surface area is 221 Å². The zero-order chi connectivity index (χ0) is 27.7. The Morgan fingerprint density at radius 2 is 1.79 bits per heavy atom. The van der Waals surface area contributed by atoms with Crippen molar-refractivity contribution in [2.24, 2.45) is 10.8 Å². The van der Waals surface area contributed by atoms with Crippen molar-refractivity contribution < 1.29 is 24.7 Å². The van der Waals surface area contributed by atoms with Crippen LogP contribution in [0.3, 0.4) is 0 Å². The predicted octanol–water partition coefficient (Wildman–Crippen LogP) is 2.83. The second-order valence-electron chi connectivity index (χ2n) is 10.6. The molecule has 2 aliphatic rings. The number of aromatic nitrogens is 1. The maximum Gasteiger partial charge on any atom is 0.311 e. The summed E-state index contributed by atoms with van der Waals surface area (Å²) in [5.74, 6) is -2.36. The van der Waals surface area contributed by atoms with Crippen LogP contribution in [0.1, 0.15) is 38.7 Å². The Hall–Kier alpha value is -3.57. The molecule has 1 aromatic carbocycles. The van der Waals surface area contributed by atoms with Crippen molar-refractivity contribution in [1.82, 2.24) is 15.2 Å². The molecule has 1 aromatic heterocycles. The lowest BCUT2D eigenvalue weighted by molar-refractivity contribution is -0.385. The number of pyridine rings is 1. The Kier molecular flexibility index (Phi) is 7.70. The van der Waals surface area contributed by atoms with Crippen LogP contribution in [0.2, 0.25) is 0 Å². The van der Waals surface area contributed by atoms with Gasteiger partial charge in [-0.25, -0.2) is 4.98 Å². The number of carboxylic acids is 2. The molecule has 38 heavy (non-hydrogen) atoms. The minimum atomic E-state index is -1.53. The second kappa shape index (κ2) is 10.7. The molecule has 0 amide bonds. The summed E-state index contributed by atoms with van der Waals surface area (Å²) in [7, 11) is 0. The average Bonchev–Trinajstić information content (AvgIpc) is 2.90. The molecule has 0 spiro atoms. The van der Waals surface area contributed by atoms with Gasteiger partial charge in [-0.15, -0.1) is 0 Å². The summed E-state index contributed by atoms with van der Waals surface area (Å²) >= 11 is 0. The third kappa shape index (κ3) is 4.71. The molecular weight excluding hydrogens is 490 g/mol. The Bertz CT molecular complexity index is 1190. The number of aliphatic carboxylic acids is 2. The van der Waals surface area contributed by atoms with E-state index in [2.05, 4.69) is 20.1 Å². The minimum absolute atomic E-state index is 0.184. The fraction of sp³-hybridized carbons (Fsp3) is 0.519. The van der Waals surface area contributed by atoms with Gasteiger partial charge in [0, 0.05) is 62.5 Å². The summed E-state index contributed by atoms with van der Waals surface area (Å²) in [5.41, 5.74) is -2.89. The van der Waals surface area contributed by atoms with Crippen LogP contribution in [0.4, 0.5) is 11.5 Å². The van der Waals surface area contributed by atoms with E-state index < -0.39 is 45.7 Å². The maximum atomic E-state index is 13.2. The van der Waals surface area contributed by atoms with Gasteiger partial charge in [0.2, 0.25) is 0 Å². The molecule has 4 rings (SSSR count). The summed E-state index contributed by atoms with van der Waals surface area (Å²) in [6.07, 6.45) is 1.94. The van der Waals surface area contributed by atoms with Crippen LogP contribution in [0.25, 0.3) is 0 Å². The quantitative estimate of drug-likeness (QED) is 0.347. The highest BCUT2D eigenvalue weighted by molar-refractivity contribution is 5.84.